The van der Waals surface area contributed by atoms with Gasteiger partial charge in [0.15, 0.2) is 0 Å². The monoisotopic (exact) mass is 386 g/mol. The Morgan fingerprint density at radius 3 is 2.81 bits per heavy atom. The molecule has 1 saturated heterocycles. The van der Waals surface area contributed by atoms with E-state index in [1.807, 2.05) is 6.92 Å². The molecule has 1 saturated carbocycles. The lowest BCUT2D eigenvalue weighted by Crippen LogP contribution is -2.66. The van der Waals surface area contributed by atoms with E-state index in [9.17, 15) is 0 Å². The Balaban J connectivity index is 1.62. The van der Waals surface area contributed by atoms with Gasteiger partial charge in [-0.05, 0) is 56.7 Å². The summed E-state index contributed by atoms with van der Waals surface area (Å²) in [6.45, 7) is 5.47. The molecule has 1 aromatic carbocycles. The molecule has 4 aliphatic rings. The second-order valence-electron chi connectivity index (χ2n) is 8.15. The molecule has 2 fully saturated rings. The van der Waals surface area contributed by atoms with E-state index < -0.39 is 0 Å². The standard InChI is InChI=1S/C21H27ClN4O/c1-15-6-7-17(14-19(15)22)26-21(25-10-12-27-13-11-25)18(16-4-2-3-5-16)8-9-20(21)23-24-26/h4,6-7,14,18,20H,2-3,5,8-13H2,1H3/t18-,20+,21-/m1/s1. The topological polar surface area (TPSA) is 40.4 Å². The van der Waals surface area contributed by atoms with Crippen molar-refractivity contribution in [2.75, 3.05) is 31.3 Å². The van der Waals surface area contributed by atoms with Crippen LogP contribution in [0.3, 0.4) is 0 Å². The van der Waals surface area contributed by atoms with Crippen molar-refractivity contribution in [3.8, 4) is 0 Å². The second kappa shape index (κ2) is 6.87. The van der Waals surface area contributed by atoms with Gasteiger partial charge in [-0.1, -0.05) is 34.5 Å². The van der Waals surface area contributed by atoms with E-state index >= 15 is 0 Å². The summed E-state index contributed by atoms with van der Waals surface area (Å²) in [7, 11) is 0. The molecule has 0 amide bonds. The first kappa shape index (κ1) is 17.7. The highest BCUT2D eigenvalue weighted by molar-refractivity contribution is 6.31. The zero-order valence-electron chi connectivity index (χ0n) is 15.9. The number of fused-ring (bicyclic) bond motifs is 1. The van der Waals surface area contributed by atoms with Crippen LogP contribution in [0.25, 0.3) is 0 Å². The average molecular weight is 387 g/mol. The summed E-state index contributed by atoms with van der Waals surface area (Å²) >= 11 is 6.49. The normalized spacial score (nSPS) is 33.6. The summed E-state index contributed by atoms with van der Waals surface area (Å²) in [5, 5.41) is 12.5. The van der Waals surface area contributed by atoms with Crippen molar-refractivity contribution < 1.29 is 4.74 Å². The van der Waals surface area contributed by atoms with Crippen LogP contribution in [0.2, 0.25) is 5.02 Å². The Morgan fingerprint density at radius 2 is 2.07 bits per heavy atom. The smallest absolute Gasteiger partial charge is 0.148 e. The van der Waals surface area contributed by atoms with Gasteiger partial charge in [-0.3, -0.25) is 4.90 Å². The summed E-state index contributed by atoms with van der Waals surface area (Å²) in [4.78, 5) is 2.60. The fourth-order valence-electron chi connectivity index (χ4n) is 5.53. The van der Waals surface area contributed by atoms with Gasteiger partial charge < -0.3 is 4.74 Å². The Kier molecular flexibility index (Phi) is 4.49. The van der Waals surface area contributed by atoms with Gasteiger partial charge >= 0.3 is 0 Å². The Bertz CT molecular complexity index is 788. The summed E-state index contributed by atoms with van der Waals surface area (Å²) in [5.41, 5.74) is 3.54. The van der Waals surface area contributed by atoms with Crippen molar-refractivity contribution in [2.24, 2.45) is 16.3 Å². The number of hydrogen-bond acceptors (Lipinski definition) is 5. The van der Waals surface area contributed by atoms with Gasteiger partial charge in [-0.25, -0.2) is 5.01 Å². The molecule has 27 heavy (non-hydrogen) atoms. The van der Waals surface area contributed by atoms with E-state index in [0.29, 0.717) is 5.92 Å². The van der Waals surface area contributed by atoms with Gasteiger partial charge in [-0.2, -0.15) is 5.11 Å². The lowest BCUT2D eigenvalue weighted by molar-refractivity contribution is -0.0340. The van der Waals surface area contributed by atoms with Crippen LogP contribution in [-0.2, 0) is 4.74 Å². The number of morpholine rings is 1. The van der Waals surface area contributed by atoms with Crippen LogP contribution in [0.1, 0.15) is 37.7 Å². The number of hydrogen-bond donors (Lipinski definition) is 0. The van der Waals surface area contributed by atoms with E-state index in [4.69, 9.17) is 26.7 Å². The largest absolute Gasteiger partial charge is 0.379 e. The van der Waals surface area contributed by atoms with Crippen molar-refractivity contribution in [1.29, 1.82) is 0 Å². The molecule has 6 heteroatoms. The highest BCUT2D eigenvalue weighted by Gasteiger charge is 2.62. The van der Waals surface area contributed by atoms with Crippen LogP contribution in [-0.4, -0.2) is 42.9 Å². The van der Waals surface area contributed by atoms with Gasteiger partial charge in [0.05, 0.1) is 18.9 Å². The minimum absolute atomic E-state index is 0.210. The molecule has 0 aromatic heterocycles. The molecule has 0 unspecified atom stereocenters. The molecule has 144 valence electrons. The number of ether oxygens (including phenoxy) is 1. The predicted molar refractivity (Wildman–Crippen MR) is 107 cm³/mol. The molecule has 5 rings (SSSR count). The maximum absolute atomic E-state index is 6.49. The van der Waals surface area contributed by atoms with E-state index in [0.717, 1.165) is 49.0 Å². The number of aryl methyl sites for hydroxylation is 1. The lowest BCUT2D eigenvalue weighted by Gasteiger charge is -2.50. The quantitative estimate of drug-likeness (QED) is 0.703. The molecule has 0 bridgehead atoms. The van der Waals surface area contributed by atoms with Crippen molar-refractivity contribution >= 4 is 17.3 Å². The number of rotatable bonds is 3. The van der Waals surface area contributed by atoms with Crippen LogP contribution in [0.15, 0.2) is 40.2 Å². The summed E-state index contributed by atoms with van der Waals surface area (Å²) in [6.07, 6.45) is 8.46. The molecule has 0 spiro atoms. The second-order valence-corrected chi connectivity index (χ2v) is 8.56. The number of allylic oxidation sites excluding steroid dienone is 1. The molecule has 2 aliphatic carbocycles. The Morgan fingerprint density at radius 1 is 1.22 bits per heavy atom. The first-order valence-corrected chi connectivity index (χ1v) is 10.6. The van der Waals surface area contributed by atoms with Gasteiger partial charge in [0.25, 0.3) is 0 Å². The predicted octanol–water partition coefficient (Wildman–Crippen LogP) is 4.75. The molecule has 2 aliphatic heterocycles. The van der Waals surface area contributed by atoms with Crippen LogP contribution < -0.4 is 5.01 Å². The van der Waals surface area contributed by atoms with Crippen molar-refractivity contribution in [1.82, 2.24) is 4.90 Å². The van der Waals surface area contributed by atoms with Crippen molar-refractivity contribution in [3.63, 3.8) is 0 Å². The molecular weight excluding hydrogens is 360 g/mol. The fourth-order valence-corrected chi connectivity index (χ4v) is 5.70. The SMILES string of the molecule is Cc1ccc(N2N=N[C@H]3CC[C@H](C4=CCCC4)[C@]32N2CCOCC2)cc1Cl. The van der Waals surface area contributed by atoms with Gasteiger partial charge in [0.2, 0.25) is 0 Å². The maximum Gasteiger partial charge on any atom is 0.148 e. The van der Waals surface area contributed by atoms with Crippen LogP contribution in [0, 0.1) is 12.8 Å². The first-order valence-electron chi connectivity index (χ1n) is 10.2. The van der Waals surface area contributed by atoms with Crippen LogP contribution in [0.4, 0.5) is 5.69 Å². The minimum atomic E-state index is -0.210. The van der Waals surface area contributed by atoms with Crippen LogP contribution in [0.5, 0.6) is 0 Å². The van der Waals surface area contributed by atoms with Crippen molar-refractivity contribution in [3.05, 3.63) is 40.4 Å². The summed E-state index contributed by atoms with van der Waals surface area (Å²) in [5.74, 6) is 0.471. The average Bonchev–Trinajstić information content (AvgIpc) is 3.40. The molecule has 1 aromatic rings. The number of nitrogens with zero attached hydrogens (tertiary/aromatic N) is 4. The number of halogens is 1. The van der Waals surface area contributed by atoms with Gasteiger partial charge in [0.1, 0.15) is 11.7 Å². The molecule has 0 radical (unpaired) electrons. The molecule has 5 nitrogen and oxygen atoms in total. The molecule has 2 heterocycles. The minimum Gasteiger partial charge on any atom is -0.379 e. The third kappa shape index (κ3) is 2.66. The molecule has 3 atom stereocenters. The number of benzene rings is 1. The lowest BCUT2D eigenvalue weighted by atomic mass is 9.84. The first-order chi connectivity index (χ1) is 13.2. The molecule has 0 N–H and O–H groups in total. The number of anilines is 1. The van der Waals surface area contributed by atoms with E-state index in [2.05, 4.69) is 34.2 Å². The van der Waals surface area contributed by atoms with Crippen molar-refractivity contribution in [2.45, 2.75) is 50.7 Å². The van der Waals surface area contributed by atoms with Gasteiger partial charge in [0, 0.05) is 24.0 Å². The molecular formula is C21H27ClN4O. The zero-order chi connectivity index (χ0) is 18.4. The van der Waals surface area contributed by atoms with Crippen LogP contribution >= 0.6 is 11.6 Å². The Hall–Kier alpha value is -1.43. The fraction of sp³-hybridized carbons (Fsp3) is 0.619. The maximum atomic E-state index is 6.49. The summed E-state index contributed by atoms with van der Waals surface area (Å²) in [6, 6.07) is 6.50. The third-order valence-electron chi connectivity index (χ3n) is 6.79. The highest BCUT2D eigenvalue weighted by Crippen LogP contribution is 2.54. The Labute approximate surface area is 166 Å². The van der Waals surface area contributed by atoms with E-state index in [-0.39, 0.29) is 11.7 Å². The zero-order valence-corrected chi connectivity index (χ0v) is 16.7. The van der Waals surface area contributed by atoms with E-state index in [1.54, 1.807) is 5.57 Å². The highest BCUT2D eigenvalue weighted by atomic mass is 35.5. The van der Waals surface area contributed by atoms with E-state index in [1.165, 1.54) is 25.7 Å². The summed E-state index contributed by atoms with van der Waals surface area (Å²) < 4.78 is 5.68. The van der Waals surface area contributed by atoms with Gasteiger partial charge in [-0.15, -0.1) is 0 Å². The third-order valence-corrected chi connectivity index (χ3v) is 7.20.